The molecule has 0 spiro atoms. The van der Waals surface area contributed by atoms with E-state index in [9.17, 15) is 0 Å². The number of hydrogen-bond donors (Lipinski definition) is 2. The van der Waals surface area contributed by atoms with E-state index >= 15 is 0 Å². The number of nitrogens with zero attached hydrogens (tertiary/aromatic N) is 1. The summed E-state index contributed by atoms with van der Waals surface area (Å²) < 4.78 is 4.96. The molecule has 2 rings (SSSR count). The maximum Gasteiger partial charge on any atom is 0.213 e. The van der Waals surface area contributed by atoms with Gasteiger partial charge in [-0.15, -0.1) is 0 Å². The summed E-state index contributed by atoms with van der Waals surface area (Å²) in [7, 11) is 1.62. The first kappa shape index (κ1) is 8.31. The first-order chi connectivity index (χ1) is 6.38. The highest BCUT2D eigenvalue weighted by atomic mass is 16.5. The van der Waals surface area contributed by atoms with Gasteiger partial charge in [0.2, 0.25) is 5.88 Å². The van der Waals surface area contributed by atoms with Crippen molar-refractivity contribution in [2.45, 2.75) is 6.04 Å². The summed E-state index contributed by atoms with van der Waals surface area (Å²) in [4.78, 5) is 4.10. The van der Waals surface area contributed by atoms with Crippen LogP contribution in [0, 0.1) is 0 Å². The van der Waals surface area contributed by atoms with Gasteiger partial charge in [-0.3, -0.25) is 0 Å². The van der Waals surface area contributed by atoms with Crippen LogP contribution in [-0.2, 0) is 0 Å². The van der Waals surface area contributed by atoms with E-state index in [4.69, 9.17) is 4.74 Å². The fraction of sp³-hybridized carbons (Fsp3) is 0.444. The maximum atomic E-state index is 4.96. The van der Waals surface area contributed by atoms with Gasteiger partial charge in [0, 0.05) is 19.2 Å². The Morgan fingerprint density at radius 1 is 1.54 bits per heavy atom. The summed E-state index contributed by atoms with van der Waals surface area (Å²) in [6, 6.07) is 4.38. The molecular weight excluding hydrogens is 166 g/mol. The molecule has 2 heterocycles. The van der Waals surface area contributed by atoms with Crippen molar-refractivity contribution in [3.63, 3.8) is 0 Å². The van der Waals surface area contributed by atoms with Crippen molar-refractivity contribution < 1.29 is 4.74 Å². The molecule has 0 atom stereocenters. The molecular formula is C9H13N3O. The molecule has 2 N–H and O–H groups in total. The largest absolute Gasteiger partial charge is 0.481 e. The van der Waals surface area contributed by atoms with Crippen LogP contribution >= 0.6 is 0 Å². The average Bonchev–Trinajstić information content (AvgIpc) is 2.12. The van der Waals surface area contributed by atoms with E-state index in [1.807, 2.05) is 12.1 Å². The van der Waals surface area contributed by atoms with Gasteiger partial charge in [-0.1, -0.05) is 0 Å². The van der Waals surface area contributed by atoms with Crippen LogP contribution in [-0.4, -0.2) is 31.2 Å². The van der Waals surface area contributed by atoms with Crippen molar-refractivity contribution in [1.82, 2.24) is 10.3 Å². The Morgan fingerprint density at radius 3 is 2.85 bits per heavy atom. The van der Waals surface area contributed by atoms with Crippen molar-refractivity contribution >= 4 is 5.69 Å². The fourth-order valence-electron chi connectivity index (χ4n) is 1.21. The molecule has 1 aliphatic rings. The number of rotatable bonds is 3. The van der Waals surface area contributed by atoms with E-state index in [1.165, 1.54) is 0 Å². The third-order valence-corrected chi connectivity index (χ3v) is 2.10. The molecule has 4 nitrogen and oxygen atoms in total. The predicted molar refractivity (Wildman–Crippen MR) is 51.1 cm³/mol. The molecule has 1 fully saturated rings. The lowest BCUT2D eigenvalue weighted by atomic mass is 10.2. The van der Waals surface area contributed by atoms with E-state index in [1.54, 1.807) is 13.3 Å². The first-order valence-electron chi connectivity index (χ1n) is 4.36. The zero-order valence-electron chi connectivity index (χ0n) is 7.58. The molecule has 0 radical (unpaired) electrons. The van der Waals surface area contributed by atoms with E-state index < -0.39 is 0 Å². The number of ether oxygens (including phenoxy) is 1. The molecule has 0 saturated carbocycles. The number of anilines is 1. The van der Waals surface area contributed by atoms with Crippen molar-refractivity contribution in [3.8, 4) is 5.88 Å². The van der Waals surface area contributed by atoms with Crippen molar-refractivity contribution in [3.05, 3.63) is 18.3 Å². The molecule has 0 aromatic carbocycles. The number of aromatic nitrogens is 1. The monoisotopic (exact) mass is 179 g/mol. The lowest BCUT2D eigenvalue weighted by Crippen LogP contribution is -2.51. The molecule has 0 amide bonds. The van der Waals surface area contributed by atoms with Crippen LogP contribution in [0.15, 0.2) is 18.3 Å². The van der Waals surface area contributed by atoms with Gasteiger partial charge in [-0.25, -0.2) is 4.98 Å². The maximum absolute atomic E-state index is 4.96. The van der Waals surface area contributed by atoms with Crippen molar-refractivity contribution in [2.24, 2.45) is 0 Å². The SMILES string of the molecule is COc1ccc(NC2CNC2)cn1. The highest BCUT2D eigenvalue weighted by molar-refractivity contribution is 5.43. The number of pyridine rings is 1. The topological polar surface area (TPSA) is 46.2 Å². The van der Waals surface area contributed by atoms with Gasteiger partial charge in [0.1, 0.15) is 0 Å². The molecule has 0 unspecified atom stereocenters. The van der Waals surface area contributed by atoms with E-state index in [-0.39, 0.29) is 0 Å². The lowest BCUT2D eigenvalue weighted by molar-refractivity contribution is 0.398. The van der Waals surface area contributed by atoms with Crippen LogP contribution in [0.3, 0.4) is 0 Å². The minimum Gasteiger partial charge on any atom is -0.481 e. The van der Waals surface area contributed by atoms with Gasteiger partial charge < -0.3 is 15.4 Å². The summed E-state index contributed by atoms with van der Waals surface area (Å²) in [6.45, 7) is 2.07. The molecule has 1 aromatic rings. The van der Waals surface area contributed by atoms with Crippen LogP contribution in [0.5, 0.6) is 5.88 Å². The number of methoxy groups -OCH3 is 1. The Bertz CT molecular complexity index is 269. The van der Waals surface area contributed by atoms with Gasteiger partial charge in [0.05, 0.1) is 25.0 Å². The normalized spacial score (nSPS) is 16.4. The van der Waals surface area contributed by atoms with Gasteiger partial charge in [0.25, 0.3) is 0 Å². The number of hydrogen-bond acceptors (Lipinski definition) is 4. The summed E-state index contributed by atoms with van der Waals surface area (Å²) in [5, 5.41) is 6.55. The zero-order chi connectivity index (χ0) is 9.10. The molecule has 0 aliphatic carbocycles. The Hall–Kier alpha value is -1.29. The quantitative estimate of drug-likeness (QED) is 0.708. The second-order valence-electron chi connectivity index (χ2n) is 3.09. The summed E-state index contributed by atoms with van der Waals surface area (Å²) >= 11 is 0. The fourth-order valence-corrected chi connectivity index (χ4v) is 1.21. The third kappa shape index (κ3) is 1.89. The molecule has 1 aliphatic heterocycles. The third-order valence-electron chi connectivity index (χ3n) is 2.10. The van der Waals surface area contributed by atoms with Crippen molar-refractivity contribution in [2.75, 3.05) is 25.5 Å². The minimum atomic E-state index is 0.551. The van der Waals surface area contributed by atoms with Crippen LogP contribution in [0.1, 0.15) is 0 Å². The molecule has 13 heavy (non-hydrogen) atoms. The predicted octanol–water partition coefficient (Wildman–Crippen LogP) is 0.474. The van der Waals surface area contributed by atoms with Gasteiger partial charge in [0.15, 0.2) is 0 Å². The minimum absolute atomic E-state index is 0.551. The first-order valence-corrected chi connectivity index (χ1v) is 4.36. The van der Waals surface area contributed by atoms with Gasteiger partial charge >= 0.3 is 0 Å². The molecule has 4 heteroatoms. The summed E-state index contributed by atoms with van der Waals surface area (Å²) in [5.74, 6) is 0.650. The van der Waals surface area contributed by atoms with E-state index in [0.29, 0.717) is 11.9 Å². The van der Waals surface area contributed by atoms with E-state index in [0.717, 1.165) is 18.8 Å². The number of nitrogens with one attached hydrogen (secondary N) is 2. The van der Waals surface area contributed by atoms with Crippen LogP contribution in [0.2, 0.25) is 0 Å². The van der Waals surface area contributed by atoms with Crippen LogP contribution < -0.4 is 15.4 Å². The average molecular weight is 179 g/mol. The lowest BCUT2D eigenvalue weighted by Gasteiger charge is -2.28. The van der Waals surface area contributed by atoms with Gasteiger partial charge in [-0.2, -0.15) is 0 Å². The second-order valence-corrected chi connectivity index (χ2v) is 3.09. The standard InChI is InChI=1S/C9H13N3O/c1-13-9-3-2-7(6-11-9)12-8-4-10-5-8/h2-3,6,8,10,12H,4-5H2,1H3. The Labute approximate surface area is 77.3 Å². The summed E-state index contributed by atoms with van der Waals surface area (Å²) in [6.07, 6.45) is 1.79. The Balaban J connectivity index is 1.96. The second kappa shape index (κ2) is 3.62. The highest BCUT2D eigenvalue weighted by Gasteiger charge is 2.15. The summed E-state index contributed by atoms with van der Waals surface area (Å²) in [5.41, 5.74) is 1.05. The Morgan fingerprint density at radius 2 is 2.38 bits per heavy atom. The van der Waals surface area contributed by atoms with Crippen LogP contribution in [0.4, 0.5) is 5.69 Å². The smallest absolute Gasteiger partial charge is 0.213 e. The molecule has 70 valence electrons. The van der Waals surface area contributed by atoms with E-state index in [2.05, 4.69) is 15.6 Å². The van der Waals surface area contributed by atoms with Gasteiger partial charge in [-0.05, 0) is 6.07 Å². The molecule has 1 aromatic heterocycles. The molecule has 1 saturated heterocycles. The highest BCUT2D eigenvalue weighted by Crippen LogP contribution is 2.12. The Kier molecular flexibility index (Phi) is 2.31. The van der Waals surface area contributed by atoms with Crippen LogP contribution in [0.25, 0.3) is 0 Å². The van der Waals surface area contributed by atoms with Crippen molar-refractivity contribution in [1.29, 1.82) is 0 Å². The zero-order valence-corrected chi connectivity index (χ0v) is 7.58. The molecule has 0 bridgehead atoms.